The zero-order valence-electron chi connectivity index (χ0n) is 6.73. The summed E-state index contributed by atoms with van der Waals surface area (Å²) in [5.74, 6) is 1.49. The highest BCUT2D eigenvalue weighted by molar-refractivity contribution is 5.46. The Labute approximate surface area is 71.4 Å². The van der Waals surface area contributed by atoms with Gasteiger partial charge in [-0.1, -0.05) is 24.3 Å². The zero-order chi connectivity index (χ0) is 7.71. The first-order chi connectivity index (χ1) is 5.95. The van der Waals surface area contributed by atoms with Crippen LogP contribution in [0.15, 0.2) is 24.3 Å². The highest BCUT2D eigenvalue weighted by atomic mass is 16.6. The van der Waals surface area contributed by atoms with Crippen molar-refractivity contribution in [3.05, 3.63) is 35.4 Å². The van der Waals surface area contributed by atoms with E-state index in [9.17, 15) is 0 Å². The average molecular weight is 158 g/mol. The van der Waals surface area contributed by atoms with Gasteiger partial charge in [-0.3, -0.25) is 0 Å². The van der Waals surface area contributed by atoms with Crippen molar-refractivity contribution in [2.75, 3.05) is 0 Å². The third-order valence-electron chi connectivity index (χ3n) is 3.66. The number of benzene rings is 1. The Morgan fingerprint density at radius 3 is 2.17 bits per heavy atom. The molecular formula is C11H10O. The Hall–Kier alpha value is -0.820. The van der Waals surface area contributed by atoms with Crippen LogP contribution in [0.1, 0.15) is 29.4 Å². The summed E-state index contributed by atoms with van der Waals surface area (Å²) in [7, 11) is 0. The maximum atomic E-state index is 5.62. The Morgan fingerprint density at radius 2 is 1.58 bits per heavy atom. The van der Waals surface area contributed by atoms with E-state index >= 15 is 0 Å². The van der Waals surface area contributed by atoms with Gasteiger partial charge in [0.1, 0.15) is 0 Å². The third-order valence-corrected chi connectivity index (χ3v) is 3.66. The highest BCUT2D eigenvalue weighted by Gasteiger charge is 2.61. The van der Waals surface area contributed by atoms with E-state index in [0.29, 0.717) is 12.2 Å². The molecule has 0 amide bonds. The quantitative estimate of drug-likeness (QED) is 0.526. The molecule has 0 aromatic heterocycles. The van der Waals surface area contributed by atoms with Gasteiger partial charge in [-0.05, 0) is 17.5 Å². The second-order valence-electron chi connectivity index (χ2n) is 4.14. The van der Waals surface area contributed by atoms with Crippen molar-refractivity contribution in [1.82, 2.24) is 0 Å². The van der Waals surface area contributed by atoms with Gasteiger partial charge in [0.25, 0.3) is 0 Å². The fourth-order valence-electron chi connectivity index (χ4n) is 3.12. The van der Waals surface area contributed by atoms with Gasteiger partial charge in [0.05, 0.1) is 12.2 Å². The molecular weight excluding hydrogens is 148 g/mol. The predicted molar refractivity (Wildman–Crippen MR) is 45.2 cm³/mol. The van der Waals surface area contributed by atoms with Crippen LogP contribution in [0.3, 0.4) is 0 Å². The molecule has 60 valence electrons. The standard InChI is InChI=1S/C11H10O/c1-2-4-7-6(3-1)8-5-9(7)11-10(8)12-11/h1-4,8-11H,5H2/t8?,9?,10-,11+. The molecule has 2 unspecified atom stereocenters. The number of fused-ring (bicyclic) bond motifs is 8. The van der Waals surface area contributed by atoms with Gasteiger partial charge in [-0.15, -0.1) is 0 Å². The minimum Gasteiger partial charge on any atom is -0.368 e. The van der Waals surface area contributed by atoms with Crippen LogP contribution in [-0.4, -0.2) is 12.2 Å². The van der Waals surface area contributed by atoms with E-state index in [1.54, 1.807) is 11.1 Å². The second kappa shape index (κ2) is 1.60. The van der Waals surface area contributed by atoms with Crippen LogP contribution in [-0.2, 0) is 4.74 Å². The number of hydrogen-bond donors (Lipinski definition) is 0. The van der Waals surface area contributed by atoms with Gasteiger partial charge in [-0.25, -0.2) is 0 Å². The predicted octanol–water partition coefficient (Wildman–Crippen LogP) is 2.04. The minimum atomic E-state index is 0.602. The lowest BCUT2D eigenvalue weighted by Crippen LogP contribution is -2.06. The number of hydrogen-bond acceptors (Lipinski definition) is 1. The van der Waals surface area contributed by atoms with Crippen molar-refractivity contribution < 1.29 is 4.74 Å². The lowest BCUT2D eigenvalue weighted by Gasteiger charge is -2.09. The Kier molecular flexibility index (Phi) is 0.767. The van der Waals surface area contributed by atoms with Crippen molar-refractivity contribution >= 4 is 0 Å². The van der Waals surface area contributed by atoms with E-state index in [1.165, 1.54) is 6.42 Å². The van der Waals surface area contributed by atoms with Crippen molar-refractivity contribution in [3.63, 3.8) is 0 Å². The first-order valence-corrected chi connectivity index (χ1v) is 4.69. The Morgan fingerprint density at radius 1 is 1.00 bits per heavy atom. The molecule has 3 aliphatic rings. The van der Waals surface area contributed by atoms with Crippen LogP contribution < -0.4 is 0 Å². The zero-order valence-corrected chi connectivity index (χ0v) is 6.73. The monoisotopic (exact) mass is 158 g/mol. The van der Waals surface area contributed by atoms with E-state index < -0.39 is 0 Å². The average Bonchev–Trinajstić information content (AvgIpc) is 2.74. The first-order valence-electron chi connectivity index (χ1n) is 4.69. The molecule has 4 atom stereocenters. The largest absolute Gasteiger partial charge is 0.368 e. The third kappa shape index (κ3) is 0.469. The van der Waals surface area contributed by atoms with Crippen LogP contribution in [0, 0.1) is 0 Å². The maximum absolute atomic E-state index is 5.62. The van der Waals surface area contributed by atoms with Crippen molar-refractivity contribution in [2.24, 2.45) is 0 Å². The smallest absolute Gasteiger partial charge is 0.0916 e. The fraction of sp³-hybridized carbons (Fsp3) is 0.455. The van der Waals surface area contributed by atoms with E-state index in [1.807, 2.05) is 0 Å². The second-order valence-corrected chi connectivity index (χ2v) is 4.14. The molecule has 1 aromatic carbocycles. The van der Waals surface area contributed by atoms with Crippen LogP contribution in [0.25, 0.3) is 0 Å². The number of ether oxygens (including phenoxy) is 1. The molecule has 0 N–H and O–H groups in total. The summed E-state index contributed by atoms with van der Waals surface area (Å²) in [5, 5.41) is 0. The van der Waals surface area contributed by atoms with Crippen molar-refractivity contribution in [2.45, 2.75) is 30.5 Å². The van der Waals surface area contributed by atoms with E-state index in [0.717, 1.165) is 11.8 Å². The van der Waals surface area contributed by atoms with Gasteiger partial charge in [0.2, 0.25) is 0 Å². The van der Waals surface area contributed by atoms with Gasteiger partial charge in [0.15, 0.2) is 0 Å². The molecule has 1 aliphatic heterocycles. The molecule has 1 nitrogen and oxygen atoms in total. The van der Waals surface area contributed by atoms with Crippen molar-refractivity contribution in [1.29, 1.82) is 0 Å². The molecule has 0 spiro atoms. The minimum absolute atomic E-state index is 0.602. The molecule has 2 fully saturated rings. The first kappa shape index (κ1) is 5.76. The fourth-order valence-corrected chi connectivity index (χ4v) is 3.12. The van der Waals surface area contributed by atoms with E-state index in [2.05, 4.69) is 24.3 Å². The molecule has 1 saturated heterocycles. The molecule has 4 rings (SSSR count). The molecule has 2 bridgehead atoms. The summed E-state index contributed by atoms with van der Waals surface area (Å²) in [5.41, 5.74) is 3.14. The number of epoxide rings is 1. The van der Waals surface area contributed by atoms with E-state index in [-0.39, 0.29) is 0 Å². The van der Waals surface area contributed by atoms with Crippen LogP contribution in [0.5, 0.6) is 0 Å². The maximum Gasteiger partial charge on any atom is 0.0916 e. The van der Waals surface area contributed by atoms with E-state index in [4.69, 9.17) is 4.74 Å². The van der Waals surface area contributed by atoms with Gasteiger partial charge < -0.3 is 4.74 Å². The van der Waals surface area contributed by atoms with Gasteiger partial charge >= 0.3 is 0 Å². The SMILES string of the molecule is c1ccc2c(c1)C1CC2[C@@H]2O[C@H]12. The topological polar surface area (TPSA) is 12.5 Å². The van der Waals surface area contributed by atoms with Gasteiger partial charge in [-0.2, -0.15) is 0 Å². The molecule has 12 heavy (non-hydrogen) atoms. The molecule has 1 heteroatoms. The molecule has 1 aromatic rings. The van der Waals surface area contributed by atoms with Crippen molar-refractivity contribution in [3.8, 4) is 0 Å². The summed E-state index contributed by atoms with van der Waals surface area (Å²) >= 11 is 0. The number of rotatable bonds is 0. The molecule has 1 heterocycles. The summed E-state index contributed by atoms with van der Waals surface area (Å²) in [6.07, 6.45) is 2.56. The lowest BCUT2D eigenvalue weighted by molar-refractivity contribution is 0.297. The normalized spacial score (nSPS) is 45.7. The van der Waals surface area contributed by atoms with Gasteiger partial charge in [0, 0.05) is 11.8 Å². The summed E-state index contributed by atoms with van der Waals surface area (Å²) < 4.78 is 5.62. The van der Waals surface area contributed by atoms with Crippen LogP contribution >= 0.6 is 0 Å². The summed E-state index contributed by atoms with van der Waals surface area (Å²) in [6, 6.07) is 8.85. The Bertz CT molecular complexity index is 325. The van der Waals surface area contributed by atoms with Crippen LogP contribution in [0.4, 0.5) is 0 Å². The molecule has 0 radical (unpaired) electrons. The molecule has 2 aliphatic carbocycles. The highest BCUT2D eigenvalue weighted by Crippen LogP contribution is 2.62. The summed E-state index contributed by atoms with van der Waals surface area (Å²) in [4.78, 5) is 0. The van der Waals surface area contributed by atoms with Crippen LogP contribution in [0.2, 0.25) is 0 Å². The summed E-state index contributed by atoms with van der Waals surface area (Å²) in [6.45, 7) is 0. The Balaban J connectivity index is 2.01. The molecule has 1 saturated carbocycles. The lowest BCUT2D eigenvalue weighted by atomic mass is 9.92.